The molecule has 32 heavy (non-hydrogen) atoms. The summed E-state index contributed by atoms with van der Waals surface area (Å²) in [6.45, 7) is 10.1. The zero-order valence-corrected chi connectivity index (χ0v) is 20.7. The molecule has 0 heterocycles. The summed E-state index contributed by atoms with van der Waals surface area (Å²) >= 11 is 0. The molecule has 0 aromatic carbocycles. The number of ketones is 2. The maximum atomic E-state index is 13.8. The van der Waals surface area contributed by atoms with Gasteiger partial charge in [-0.1, -0.05) is 26.3 Å². The van der Waals surface area contributed by atoms with Gasteiger partial charge in [0, 0.05) is 20.5 Å². The number of hydrogen-bond donors (Lipinski definition) is 0. The van der Waals surface area contributed by atoms with Crippen LogP contribution >= 0.6 is 0 Å². The van der Waals surface area contributed by atoms with Crippen molar-refractivity contribution in [2.75, 3.05) is 13.7 Å². The Bertz CT molecular complexity index is 845. The fraction of sp³-hybridized carbons (Fsp3) is 0.815. The molecule has 2 unspecified atom stereocenters. The first-order valence-corrected chi connectivity index (χ1v) is 12.5. The van der Waals surface area contributed by atoms with Crippen LogP contribution in [0.5, 0.6) is 0 Å². The fourth-order valence-electron chi connectivity index (χ4n) is 9.12. The van der Waals surface area contributed by atoms with Gasteiger partial charge in [-0.15, -0.1) is 0 Å². The average molecular weight is 445 g/mol. The molecule has 0 saturated heterocycles. The van der Waals surface area contributed by atoms with Crippen molar-refractivity contribution in [2.45, 2.75) is 85.7 Å². The monoisotopic (exact) mass is 444 g/mol. The van der Waals surface area contributed by atoms with Gasteiger partial charge in [-0.25, -0.2) is 0 Å². The van der Waals surface area contributed by atoms with Crippen LogP contribution in [0, 0.1) is 39.9 Å². The minimum Gasteiger partial charge on any atom is -0.458 e. The van der Waals surface area contributed by atoms with Crippen molar-refractivity contribution in [1.82, 2.24) is 0 Å². The third-order valence-electron chi connectivity index (χ3n) is 10.5. The van der Waals surface area contributed by atoms with Crippen LogP contribution in [-0.2, 0) is 23.9 Å². The zero-order valence-electron chi connectivity index (χ0n) is 20.7. The lowest BCUT2D eigenvalue weighted by molar-refractivity contribution is -0.173. The van der Waals surface area contributed by atoms with E-state index in [1.54, 1.807) is 7.11 Å². The minimum atomic E-state index is -0.660. The van der Waals surface area contributed by atoms with Crippen molar-refractivity contribution in [3.8, 4) is 0 Å². The molecule has 4 rings (SSSR count). The van der Waals surface area contributed by atoms with Crippen molar-refractivity contribution >= 4 is 17.5 Å². The summed E-state index contributed by atoms with van der Waals surface area (Å²) in [4.78, 5) is 37.4. The molecule has 4 aliphatic rings. The summed E-state index contributed by atoms with van der Waals surface area (Å²) < 4.78 is 11.1. The normalized spacial score (nSPS) is 44.1. The zero-order chi connectivity index (χ0) is 23.5. The first-order valence-electron chi connectivity index (χ1n) is 12.5. The maximum absolute atomic E-state index is 13.8. The van der Waals surface area contributed by atoms with E-state index in [-0.39, 0.29) is 41.0 Å². The highest BCUT2D eigenvalue weighted by atomic mass is 16.5. The van der Waals surface area contributed by atoms with Crippen LogP contribution in [0.2, 0.25) is 0 Å². The number of methoxy groups -OCH3 is 1. The standard InChI is InChI=1S/C27H40O5/c1-16-13-23-21-8-7-19-14-20(29)9-11-25(19,4)22(21)10-12-26(23,5)27(16,17(2)31-6)24(30)15-32-18(3)28/h14,16-17,21-23H,7-13,15H2,1-6H3/t16?,17?,21-,22+,23+,25+,26+,27+/m1/s1. The molecule has 0 aromatic heterocycles. The number of hydrogen-bond acceptors (Lipinski definition) is 5. The van der Waals surface area contributed by atoms with Crippen LogP contribution < -0.4 is 0 Å². The highest BCUT2D eigenvalue weighted by Crippen LogP contribution is 2.72. The Kier molecular flexibility index (Phi) is 5.97. The molecular weight excluding hydrogens is 404 g/mol. The molecule has 0 radical (unpaired) electrons. The second-order valence-corrected chi connectivity index (χ2v) is 11.5. The minimum absolute atomic E-state index is 0.0175. The van der Waals surface area contributed by atoms with Gasteiger partial charge in [0.15, 0.2) is 18.2 Å². The molecule has 0 spiro atoms. The van der Waals surface area contributed by atoms with Crippen LogP contribution in [0.4, 0.5) is 0 Å². The van der Waals surface area contributed by atoms with Crippen molar-refractivity contribution < 1.29 is 23.9 Å². The number of carbonyl (C=O) groups is 3. The van der Waals surface area contributed by atoms with E-state index in [4.69, 9.17) is 9.47 Å². The number of rotatable bonds is 5. The van der Waals surface area contributed by atoms with Crippen LogP contribution in [0.1, 0.15) is 79.6 Å². The summed E-state index contributed by atoms with van der Waals surface area (Å²) in [5, 5.41) is 0. The van der Waals surface area contributed by atoms with Gasteiger partial charge in [-0.2, -0.15) is 0 Å². The second-order valence-electron chi connectivity index (χ2n) is 11.5. The van der Waals surface area contributed by atoms with E-state index in [9.17, 15) is 14.4 Å². The van der Waals surface area contributed by atoms with E-state index < -0.39 is 11.4 Å². The predicted octanol–water partition coefficient (Wildman–Crippen LogP) is 4.92. The molecule has 4 aliphatic carbocycles. The Hall–Kier alpha value is -1.49. The van der Waals surface area contributed by atoms with Gasteiger partial charge >= 0.3 is 5.97 Å². The fourth-order valence-corrected chi connectivity index (χ4v) is 9.12. The van der Waals surface area contributed by atoms with Crippen LogP contribution in [0.3, 0.4) is 0 Å². The lowest BCUT2D eigenvalue weighted by atomic mass is 9.44. The second kappa shape index (κ2) is 8.07. The van der Waals surface area contributed by atoms with Crippen molar-refractivity contribution in [1.29, 1.82) is 0 Å². The van der Waals surface area contributed by atoms with Gasteiger partial charge in [-0.05, 0) is 86.0 Å². The number of ether oxygens (including phenoxy) is 2. The molecule has 0 aromatic rings. The van der Waals surface area contributed by atoms with E-state index in [0.717, 1.165) is 38.5 Å². The lowest BCUT2D eigenvalue weighted by Crippen LogP contribution is -2.59. The molecule has 3 fully saturated rings. The Morgan fingerprint density at radius 3 is 2.53 bits per heavy atom. The molecule has 5 heteroatoms. The summed E-state index contributed by atoms with van der Waals surface area (Å²) in [5.41, 5.74) is 0.628. The number of carbonyl (C=O) groups excluding carboxylic acids is 3. The molecule has 5 nitrogen and oxygen atoms in total. The summed E-state index contributed by atoms with van der Waals surface area (Å²) in [7, 11) is 1.69. The molecule has 3 saturated carbocycles. The van der Waals surface area contributed by atoms with Crippen molar-refractivity contribution in [2.24, 2.45) is 39.9 Å². The van der Waals surface area contributed by atoms with Gasteiger partial charge in [0.1, 0.15) is 0 Å². The molecule has 0 bridgehead atoms. The molecule has 0 amide bonds. The van der Waals surface area contributed by atoms with Gasteiger partial charge in [0.05, 0.1) is 11.5 Å². The van der Waals surface area contributed by atoms with Gasteiger partial charge in [0.25, 0.3) is 0 Å². The third-order valence-corrected chi connectivity index (χ3v) is 10.5. The predicted molar refractivity (Wildman–Crippen MR) is 122 cm³/mol. The third kappa shape index (κ3) is 3.09. The highest BCUT2D eigenvalue weighted by Gasteiger charge is 2.70. The van der Waals surface area contributed by atoms with E-state index >= 15 is 0 Å². The summed E-state index contributed by atoms with van der Waals surface area (Å²) in [5.74, 6) is 1.61. The van der Waals surface area contributed by atoms with Crippen molar-refractivity contribution in [3.63, 3.8) is 0 Å². The Balaban J connectivity index is 1.72. The average Bonchev–Trinajstić information content (AvgIpc) is 2.99. The quantitative estimate of drug-likeness (QED) is 0.563. The maximum Gasteiger partial charge on any atom is 0.303 e. The largest absolute Gasteiger partial charge is 0.458 e. The molecule has 0 N–H and O–H groups in total. The smallest absolute Gasteiger partial charge is 0.303 e. The Morgan fingerprint density at radius 1 is 1.16 bits per heavy atom. The van der Waals surface area contributed by atoms with Crippen LogP contribution in [0.15, 0.2) is 11.6 Å². The SMILES string of the molecule is COC(C)[C@]1(C(=O)COC(C)=O)C(C)C[C@H]2[C@@H]3CCC4=CC(=O)CC[C@]4(C)[C@H]3CC[C@@]21C. The Morgan fingerprint density at radius 2 is 1.88 bits per heavy atom. The molecule has 8 atom stereocenters. The number of fused-ring (bicyclic) bond motifs is 5. The summed E-state index contributed by atoms with van der Waals surface area (Å²) in [6.07, 6.45) is 8.48. The molecule has 0 aliphatic heterocycles. The van der Waals surface area contributed by atoms with E-state index in [0.29, 0.717) is 24.2 Å². The molecule has 178 valence electrons. The van der Waals surface area contributed by atoms with Crippen molar-refractivity contribution in [3.05, 3.63) is 11.6 Å². The topological polar surface area (TPSA) is 69.7 Å². The first-order chi connectivity index (χ1) is 15.0. The lowest BCUT2D eigenvalue weighted by Gasteiger charge is -2.60. The van der Waals surface area contributed by atoms with Gasteiger partial charge < -0.3 is 9.47 Å². The number of Topliss-reactive ketones (excluding diaryl/α,β-unsaturated/α-hetero) is 1. The van der Waals surface area contributed by atoms with Gasteiger partial charge in [0.2, 0.25) is 0 Å². The van der Waals surface area contributed by atoms with Crippen LogP contribution in [-0.4, -0.2) is 37.4 Å². The molecular formula is C27H40O5. The Labute approximate surface area is 192 Å². The highest BCUT2D eigenvalue weighted by molar-refractivity contribution is 5.92. The van der Waals surface area contributed by atoms with E-state index in [1.165, 1.54) is 12.5 Å². The number of esters is 1. The first kappa shape index (κ1) is 23.7. The summed E-state index contributed by atoms with van der Waals surface area (Å²) in [6, 6.07) is 0. The number of allylic oxidation sites excluding steroid dienone is 1. The van der Waals surface area contributed by atoms with E-state index in [2.05, 4.69) is 20.8 Å². The van der Waals surface area contributed by atoms with Gasteiger partial charge in [-0.3, -0.25) is 14.4 Å². The van der Waals surface area contributed by atoms with E-state index in [1.807, 2.05) is 13.0 Å². The van der Waals surface area contributed by atoms with Crippen LogP contribution in [0.25, 0.3) is 0 Å².